The number of carbonyl (C=O) groups is 1. The molecule has 1 aromatic heterocycles. The monoisotopic (exact) mass is 180 g/mol. The van der Waals surface area contributed by atoms with Gasteiger partial charge in [-0.15, -0.1) is 0 Å². The molecule has 2 unspecified atom stereocenters. The van der Waals surface area contributed by atoms with Crippen molar-refractivity contribution in [1.82, 2.24) is 0 Å². The van der Waals surface area contributed by atoms with Crippen molar-refractivity contribution in [3.8, 4) is 0 Å². The fourth-order valence-electron chi connectivity index (χ4n) is 1.69. The Kier molecular flexibility index (Phi) is 2.19. The van der Waals surface area contributed by atoms with Crippen molar-refractivity contribution in [2.45, 2.75) is 19.4 Å². The first kappa shape index (κ1) is 8.51. The molecule has 1 saturated heterocycles. The van der Waals surface area contributed by atoms with Crippen molar-refractivity contribution in [1.29, 1.82) is 0 Å². The van der Waals surface area contributed by atoms with Crippen molar-refractivity contribution in [3.63, 3.8) is 0 Å². The zero-order chi connectivity index (χ0) is 9.26. The van der Waals surface area contributed by atoms with Crippen LogP contribution in [0.4, 0.5) is 0 Å². The van der Waals surface area contributed by atoms with E-state index in [-0.39, 0.29) is 17.8 Å². The molecular weight excluding hydrogens is 168 g/mol. The van der Waals surface area contributed by atoms with Gasteiger partial charge in [0.1, 0.15) is 6.26 Å². The average molecular weight is 180 g/mol. The zero-order valence-corrected chi connectivity index (χ0v) is 7.53. The Morgan fingerprint density at radius 2 is 2.46 bits per heavy atom. The molecule has 1 aliphatic rings. The lowest BCUT2D eigenvalue weighted by Gasteiger charge is -2.10. The van der Waals surface area contributed by atoms with Gasteiger partial charge in [-0.2, -0.15) is 0 Å². The lowest BCUT2D eigenvalue weighted by atomic mass is 9.94. The van der Waals surface area contributed by atoms with Crippen LogP contribution >= 0.6 is 0 Å². The molecule has 3 nitrogen and oxygen atoms in total. The second kappa shape index (κ2) is 3.34. The highest BCUT2D eigenvalue weighted by molar-refractivity contribution is 5.97. The fraction of sp³-hybridized carbons (Fsp3) is 0.500. The van der Waals surface area contributed by atoms with Gasteiger partial charge in [-0.25, -0.2) is 0 Å². The van der Waals surface area contributed by atoms with Crippen LogP contribution in [0.15, 0.2) is 23.0 Å². The molecule has 0 aromatic carbocycles. The van der Waals surface area contributed by atoms with Crippen LogP contribution in [0.3, 0.4) is 0 Å². The van der Waals surface area contributed by atoms with Crippen molar-refractivity contribution < 1.29 is 13.9 Å². The quantitative estimate of drug-likeness (QED) is 0.652. The number of carbonyl (C=O) groups excluding carboxylic acids is 1. The molecule has 0 aliphatic carbocycles. The van der Waals surface area contributed by atoms with Crippen molar-refractivity contribution in [2.75, 3.05) is 6.61 Å². The summed E-state index contributed by atoms with van der Waals surface area (Å²) in [6.07, 6.45) is 3.88. The molecule has 3 heteroatoms. The van der Waals surface area contributed by atoms with Crippen LogP contribution in [0.2, 0.25) is 0 Å². The van der Waals surface area contributed by atoms with Crippen molar-refractivity contribution in [3.05, 3.63) is 24.2 Å². The predicted molar refractivity (Wildman–Crippen MR) is 46.6 cm³/mol. The van der Waals surface area contributed by atoms with Crippen molar-refractivity contribution >= 4 is 5.78 Å². The third-order valence-corrected chi connectivity index (χ3v) is 2.52. The molecule has 1 aliphatic heterocycles. The normalized spacial score (nSPS) is 27.8. The second-order valence-electron chi connectivity index (χ2n) is 3.35. The second-order valence-corrected chi connectivity index (χ2v) is 3.35. The summed E-state index contributed by atoms with van der Waals surface area (Å²) >= 11 is 0. The molecule has 0 bridgehead atoms. The van der Waals surface area contributed by atoms with E-state index in [2.05, 4.69) is 0 Å². The van der Waals surface area contributed by atoms with E-state index < -0.39 is 0 Å². The highest BCUT2D eigenvalue weighted by Crippen LogP contribution is 2.24. The summed E-state index contributed by atoms with van der Waals surface area (Å²) in [5.41, 5.74) is 0.655. The average Bonchev–Trinajstić information content (AvgIpc) is 2.72. The maximum atomic E-state index is 11.8. The van der Waals surface area contributed by atoms with E-state index in [1.54, 1.807) is 6.07 Å². The maximum Gasteiger partial charge on any atom is 0.171 e. The minimum absolute atomic E-state index is 0.0117. The van der Waals surface area contributed by atoms with E-state index in [1.165, 1.54) is 12.5 Å². The third-order valence-electron chi connectivity index (χ3n) is 2.52. The Labute approximate surface area is 76.7 Å². The smallest absolute Gasteiger partial charge is 0.171 e. The molecule has 0 amide bonds. The van der Waals surface area contributed by atoms with E-state index in [0.29, 0.717) is 12.2 Å². The maximum absolute atomic E-state index is 11.8. The van der Waals surface area contributed by atoms with Crippen LogP contribution < -0.4 is 0 Å². The number of ether oxygens (including phenoxy) is 1. The van der Waals surface area contributed by atoms with Gasteiger partial charge < -0.3 is 9.15 Å². The van der Waals surface area contributed by atoms with Crippen molar-refractivity contribution in [2.24, 2.45) is 5.92 Å². The lowest BCUT2D eigenvalue weighted by molar-refractivity contribution is 0.0764. The first-order valence-electron chi connectivity index (χ1n) is 4.47. The van der Waals surface area contributed by atoms with E-state index in [9.17, 15) is 4.79 Å². The summed E-state index contributed by atoms with van der Waals surface area (Å²) in [6, 6.07) is 1.70. The number of hydrogen-bond donors (Lipinski definition) is 0. The van der Waals surface area contributed by atoms with Crippen LogP contribution in [-0.2, 0) is 4.74 Å². The Balaban J connectivity index is 2.13. The van der Waals surface area contributed by atoms with Gasteiger partial charge in [0.25, 0.3) is 0 Å². The Bertz CT molecular complexity index is 289. The molecule has 2 heterocycles. The molecule has 2 atom stereocenters. The first-order valence-corrected chi connectivity index (χ1v) is 4.47. The molecule has 13 heavy (non-hydrogen) atoms. The van der Waals surface area contributed by atoms with Crippen LogP contribution in [-0.4, -0.2) is 18.5 Å². The summed E-state index contributed by atoms with van der Waals surface area (Å²) in [6.45, 7) is 2.63. The summed E-state index contributed by atoms with van der Waals surface area (Å²) in [4.78, 5) is 11.8. The first-order chi connectivity index (χ1) is 6.29. The van der Waals surface area contributed by atoms with Crippen LogP contribution in [0, 0.1) is 5.92 Å². The molecule has 0 N–H and O–H groups in total. The largest absolute Gasteiger partial charge is 0.472 e. The molecule has 0 saturated carbocycles. The van der Waals surface area contributed by atoms with Gasteiger partial charge in [0, 0.05) is 6.61 Å². The number of Topliss-reactive ketones (excluding diaryl/α,β-unsaturated/α-hetero) is 1. The summed E-state index contributed by atoms with van der Waals surface area (Å²) < 4.78 is 10.2. The number of hydrogen-bond acceptors (Lipinski definition) is 3. The summed E-state index contributed by atoms with van der Waals surface area (Å²) in [7, 11) is 0. The van der Waals surface area contributed by atoms with Gasteiger partial charge in [-0.05, 0) is 19.4 Å². The summed E-state index contributed by atoms with van der Waals surface area (Å²) in [5, 5.41) is 0. The highest BCUT2D eigenvalue weighted by atomic mass is 16.5. The molecule has 1 fully saturated rings. The zero-order valence-electron chi connectivity index (χ0n) is 7.53. The minimum Gasteiger partial charge on any atom is -0.472 e. The third kappa shape index (κ3) is 1.52. The number of ketones is 1. The fourth-order valence-corrected chi connectivity index (χ4v) is 1.69. The van der Waals surface area contributed by atoms with Gasteiger partial charge in [-0.1, -0.05) is 0 Å². The van der Waals surface area contributed by atoms with Gasteiger partial charge in [0.15, 0.2) is 5.78 Å². The van der Waals surface area contributed by atoms with E-state index >= 15 is 0 Å². The predicted octanol–water partition coefficient (Wildman–Crippen LogP) is 1.89. The van der Waals surface area contributed by atoms with Crippen LogP contribution in [0.5, 0.6) is 0 Å². The van der Waals surface area contributed by atoms with Crippen LogP contribution in [0.1, 0.15) is 23.7 Å². The molecule has 70 valence electrons. The summed E-state index contributed by atoms with van der Waals surface area (Å²) in [5.74, 6) is 0.149. The van der Waals surface area contributed by atoms with Gasteiger partial charge >= 0.3 is 0 Å². The van der Waals surface area contributed by atoms with Gasteiger partial charge in [-0.3, -0.25) is 4.79 Å². The van der Waals surface area contributed by atoms with E-state index in [1.807, 2.05) is 6.92 Å². The Morgan fingerprint density at radius 3 is 3.00 bits per heavy atom. The molecule has 0 spiro atoms. The topological polar surface area (TPSA) is 39.4 Å². The molecule has 2 rings (SSSR count). The van der Waals surface area contributed by atoms with Crippen LogP contribution in [0.25, 0.3) is 0 Å². The Hall–Kier alpha value is -1.09. The molecular formula is C10H12O3. The number of furan rings is 1. The minimum atomic E-state index is 0.0117. The SMILES string of the molecule is CC1OCCC1C(=O)c1ccoc1. The Morgan fingerprint density at radius 1 is 1.62 bits per heavy atom. The van der Waals surface area contributed by atoms with E-state index in [4.69, 9.17) is 9.15 Å². The molecule has 1 aromatic rings. The van der Waals surface area contributed by atoms with Gasteiger partial charge in [0.05, 0.1) is 23.8 Å². The highest BCUT2D eigenvalue weighted by Gasteiger charge is 2.31. The van der Waals surface area contributed by atoms with Gasteiger partial charge in [0.2, 0.25) is 0 Å². The molecule has 0 radical (unpaired) electrons. The van der Waals surface area contributed by atoms with E-state index in [0.717, 1.165) is 6.42 Å². The standard InChI is InChI=1S/C10H12O3/c1-7-9(3-5-13-7)10(11)8-2-4-12-6-8/h2,4,6-7,9H,3,5H2,1H3. The lowest BCUT2D eigenvalue weighted by Crippen LogP contribution is -2.21. The number of rotatable bonds is 2.